The number of fused-ring (bicyclic) bond motifs is 4. The monoisotopic (exact) mass is 476 g/mol. The van der Waals surface area contributed by atoms with Crippen molar-refractivity contribution in [2.75, 3.05) is 9.80 Å². The van der Waals surface area contributed by atoms with E-state index in [1.165, 1.54) is 59.2 Å². The van der Waals surface area contributed by atoms with Crippen molar-refractivity contribution in [3.63, 3.8) is 0 Å². The first kappa shape index (κ1) is 20.3. The number of hydrogen-bond donors (Lipinski definition) is 0. The Morgan fingerprint density at radius 1 is 0.647 bits per heavy atom. The fraction of sp³-hybridized carbons (Fsp3) is 0.133. The van der Waals surface area contributed by atoms with Gasteiger partial charge in [0, 0.05) is 25.1 Å². The first-order valence-electron chi connectivity index (χ1n) is 11.8. The van der Waals surface area contributed by atoms with Crippen molar-refractivity contribution >= 4 is 52.0 Å². The van der Waals surface area contributed by atoms with Crippen LogP contribution in [0.3, 0.4) is 0 Å². The van der Waals surface area contributed by atoms with Gasteiger partial charge in [-0.05, 0) is 61.4 Å². The summed E-state index contributed by atoms with van der Waals surface area (Å²) in [7, 11) is 0. The van der Waals surface area contributed by atoms with Crippen molar-refractivity contribution < 1.29 is 0 Å². The van der Waals surface area contributed by atoms with Gasteiger partial charge in [-0.2, -0.15) is 0 Å². The van der Waals surface area contributed by atoms with Crippen molar-refractivity contribution in [3.05, 3.63) is 102 Å². The molecule has 4 aromatic rings. The summed E-state index contributed by atoms with van der Waals surface area (Å²) in [6.45, 7) is 4.66. The van der Waals surface area contributed by atoms with Gasteiger partial charge in [0.25, 0.3) is 0 Å². The Morgan fingerprint density at radius 2 is 1.18 bits per heavy atom. The molecule has 4 heteroatoms. The molecule has 7 rings (SSSR count). The third-order valence-corrected chi connectivity index (χ3v) is 9.31. The quantitative estimate of drug-likeness (QED) is 0.284. The third-order valence-electron chi connectivity index (χ3n) is 7.07. The highest BCUT2D eigenvalue weighted by molar-refractivity contribution is 8.00. The highest BCUT2D eigenvalue weighted by Gasteiger charge is 2.40. The van der Waals surface area contributed by atoms with Crippen molar-refractivity contribution in [3.8, 4) is 0 Å². The number of nitrogens with zero attached hydrogens (tertiary/aromatic N) is 2. The van der Waals surface area contributed by atoms with Gasteiger partial charge in [0.2, 0.25) is 0 Å². The summed E-state index contributed by atoms with van der Waals surface area (Å²) in [5.74, 6) is 0. The Kier molecular flexibility index (Phi) is 4.61. The lowest BCUT2D eigenvalue weighted by atomic mass is 9.89. The smallest absolute Gasteiger partial charge is 0.0653 e. The first-order valence-corrected chi connectivity index (χ1v) is 13.5. The average Bonchev–Trinajstić information content (AvgIpc) is 2.88. The second-order valence-corrected chi connectivity index (χ2v) is 11.1. The second kappa shape index (κ2) is 7.72. The van der Waals surface area contributed by atoms with Gasteiger partial charge in [-0.15, -0.1) is 0 Å². The van der Waals surface area contributed by atoms with Gasteiger partial charge < -0.3 is 9.80 Å². The van der Waals surface area contributed by atoms with Crippen LogP contribution in [0.5, 0.6) is 0 Å². The van der Waals surface area contributed by atoms with Gasteiger partial charge in [0.05, 0.1) is 34.5 Å². The highest BCUT2D eigenvalue weighted by atomic mass is 32.2. The first-order chi connectivity index (χ1) is 16.8. The van der Waals surface area contributed by atoms with Gasteiger partial charge in [0.15, 0.2) is 0 Å². The molecule has 1 unspecified atom stereocenters. The Balaban J connectivity index is 1.53. The molecule has 0 N–H and O–H groups in total. The summed E-state index contributed by atoms with van der Waals surface area (Å²) >= 11 is 3.77. The molecule has 0 fully saturated rings. The van der Waals surface area contributed by atoms with E-state index < -0.39 is 0 Å². The highest BCUT2D eigenvalue weighted by Crippen LogP contribution is 2.58. The summed E-state index contributed by atoms with van der Waals surface area (Å²) in [4.78, 5) is 10.4. The van der Waals surface area contributed by atoms with Crippen molar-refractivity contribution in [2.45, 2.75) is 45.9 Å². The summed E-state index contributed by atoms with van der Waals surface area (Å²) in [5.41, 5.74) is 9.29. The number of rotatable bonds is 2. The summed E-state index contributed by atoms with van der Waals surface area (Å²) < 4.78 is 0. The third kappa shape index (κ3) is 2.79. The molecule has 4 aromatic carbocycles. The minimum atomic E-state index is 0.305. The van der Waals surface area contributed by atoms with E-state index in [9.17, 15) is 0 Å². The van der Waals surface area contributed by atoms with Gasteiger partial charge in [-0.25, -0.2) is 0 Å². The molecule has 0 aromatic heterocycles. The standard InChI is InChI=1S/C30H24N2S2/c1-3-21-19(2)29(32-23-13-5-7-15-25(23)33-26-16-8-6-14-24(26)32)20-11-10-18-28-30(20)31(21)22-12-4-9-17-27(22)34-28/h4-18,21H,3H2,1-2H3. The molecule has 0 spiro atoms. The summed E-state index contributed by atoms with van der Waals surface area (Å²) in [5, 5.41) is 0. The number of para-hydroxylation sites is 4. The maximum Gasteiger partial charge on any atom is 0.0653 e. The molecule has 3 aliphatic rings. The molecule has 0 amide bonds. The molecule has 0 bridgehead atoms. The maximum absolute atomic E-state index is 2.60. The number of hydrogen-bond acceptors (Lipinski definition) is 4. The van der Waals surface area contributed by atoms with Crippen LogP contribution < -0.4 is 9.80 Å². The number of anilines is 4. The molecule has 0 aliphatic carbocycles. The lowest BCUT2D eigenvalue weighted by Crippen LogP contribution is -2.39. The topological polar surface area (TPSA) is 6.48 Å². The van der Waals surface area contributed by atoms with E-state index in [1.807, 2.05) is 23.5 Å². The van der Waals surface area contributed by atoms with Crippen LogP contribution in [0.1, 0.15) is 25.8 Å². The van der Waals surface area contributed by atoms with Crippen LogP contribution >= 0.6 is 23.5 Å². The van der Waals surface area contributed by atoms with Gasteiger partial charge in [-0.3, -0.25) is 0 Å². The van der Waals surface area contributed by atoms with E-state index >= 15 is 0 Å². The molecular weight excluding hydrogens is 452 g/mol. The minimum Gasteiger partial charge on any atom is -0.332 e. The molecule has 34 heavy (non-hydrogen) atoms. The minimum absolute atomic E-state index is 0.305. The second-order valence-electron chi connectivity index (χ2n) is 8.92. The van der Waals surface area contributed by atoms with E-state index in [2.05, 4.69) is 115 Å². The van der Waals surface area contributed by atoms with Gasteiger partial charge in [-0.1, -0.05) is 79.0 Å². The van der Waals surface area contributed by atoms with E-state index in [1.54, 1.807) is 0 Å². The van der Waals surface area contributed by atoms with E-state index in [4.69, 9.17) is 0 Å². The Hall–Kier alpha value is -3.08. The summed E-state index contributed by atoms with van der Waals surface area (Å²) in [6, 6.07) is 33.6. The zero-order valence-electron chi connectivity index (χ0n) is 19.2. The molecule has 0 saturated carbocycles. The van der Waals surface area contributed by atoms with Crippen LogP contribution in [0, 0.1) is 0 Å². The van der Waals surface area contributed by atoms with E-state index in [-0.39, 0.29) is 0 Å². The van der Waals surface area contributed by atoms with Crippen molar-refractivity contribution in [1.82, 2.24) is 0 Å². The van der Waals surface area contributed by atoms with Crippen molar-refractivity contribution in [1.29, 1.82) is 0 Å². The molecule has 0 radical (unpaired) electrons. The van der Waals surface area contributed by atoms with Crippen LogP contribution in [-0.4, -0.2) is 6.04 Å². The van der Waals surface area contributed by atoms with Crippen molar-refractivity contribution in [2.24, 2.45) is 0 Å². The number of benzene rings is 4. The molecule has 3 heterocycles. The lowest BCUT2D eigenvalue weighted by molar-refractivity contribution is 0.692. The fourth-order valence-electron chi connectivity index (χ4n) is 5.64. The normalized spacial score (nSPS) is 17.6. The molecule has 0 saturated heterocycles. The zero-order chi connectivity index (χ0) is 22.8. The molecule has 2 nitrogen and oxygen atoms in total. The van der Waals surface area contributed by atoms with Crippen LogP contribution in [0.25, 0.3) is 5.70 Å². The molecule has 166 valence electrons. The van der Waals surface area contributed by atoms with E-state index in [0.717, 1.165) is 6.42 Å². The SMILES string of the molecule is CCC1C(C)=C(N2c3ccccc3Sc3ccccc32)c2cccc3c2N1c1ccccc1S3. The van der Waals surface area contributed by atoms with Crippen LogP contribution in [0.2, 0.25) is 0 Å². The van der Waals surface area contributed by atoms with Crippen LogP contribution in [0.4, 0.5) is 22.7 Å². The molecular formula is C30H24N2S2. The summed E-state index contributed by atoms with van der Waals surface area (Å²) in [6.07, 6.45) is 1.05. The molecule has 1 atom stereocenters. The van der Waals surface area contributed by atoms with Crippen LogP contribution in [-0.2, 0) is 0 Å². The fourth-order valence-corrected chi connectivity index (χ4v) is 7.81. The lowest BCUT2D eigenvalue weighted by Gasteiger charge is -2.47. The Morgan fingerprint density at radius 3 is 1.82 bits per heavy atom. The Labute approximate surface area is 209 Å². The predicted molar refractivity (Wildman–Crippen MR) is 145 cm³/mol. The average molecular weight is 477 g/mol. The van der Waals surface area contributed by atoms with Crippen LogP contribution in [0.15, 0.2) is 116 Å². The zero-order valence-corrected chi connectivity index (χ0v) is 20.8. The Bertz CT molecular complexity index is 1440. The maximum atomic E-state index is 2.60. The van der Waals surface area contributed by atoms with E-state index in [0.29, 0.717) is 6.04 Å². The largest absolute Gasteiger partial charge is 0.332 e. The van der Waals surface area contributed by atoms with Gasteiger partial charge in [0.1, 0.15) is 0 Å². The molecule has 3 aliphatic heterocycles. The predicted octanol–water partition coefficient (Wildman–Crippen LogP) is 9.12. The van der Waals surface area contributed by atoms with Gasteiger partial charge >= 0.3 is 0 Å².